The highest BCUT2D eigenvalue weighted by atomic mass is 16.7. The van der Waals surface area contributed by atoms with Gasteiger partial charge in [-0.1, -0.05) is 12.1 Å². The summed E-state index contributed by atoms with van der Waals surface area (Å²) < 4.78 is 11.7. The summed E-state index contributed by atoms with van der Waals surface area (Å²) >= 11 is 0. The smallest absolute Gasteiger partial charge is 0.402 e. The van der Waals surface area contributed by atoms with Crippen molar-refractivity contribution in [3.05, 3.63) is 24.3 Å². The van der Waals surface area contributed by atoms with Crippen LogP contribution in [0, 0.1) is 0 Å². The van der Waals surface area contributed by atoms with Gasteiger partial charge in [0.1, 0.15) is 0 Å². The normalized spacial score (nSPS) is 22.2. The van der Waals surface area contributed by atoms with Gasteiger partial charge in [-0.05, 0) is 38.4 Å². The number of benzene rings is 1. The number of nitrogens with one attached hydrogen (secondary N) is 1. The van der Waals surface area contributed by atoms with Crippen molar-refractivity contribution in [2.24, 2.45) is 0 Å². The molecule has 1 heterocycles. The molecule has 0 amide bonds. The second kappa shape index (κ2) is 5.30. The SMILES string of the molecule is CC1OB(c2ccc(NCCO)cc2)OC1(C)C. The summed E-state index contributed by atoms with van der Waals surface area (Å²) in [6, 6.07) is 7.90. The van der Waals surface area contributed by atoms with E-state index in [0.717, 1.165) is 11.2 Å². The van der Waals surface area contributed by atoms with E-state index in [1.54, 1.807) is 0 Å². The Morgan fingerprint density at radius 2 is 2.00 bits per heavy atom. The van der Waals surface area contributed by atoms with Gasteiger partial charge in [-0.15, -0.1) is 0 Å². The molecule has 1 aliphatic heterocycles. The summed E-state index contributed by atoms with van der Waals surface area (Å²) in [4.78, 5) is 0. The second-order valence-corrected chi connectivity index (χ2v) is 5.10. The molecule has 0 aromatic heterocycles. The van der Waals surface area contributed by atoms with Crippen molar-refractivity contribution in [1.29, 1.82) is 0 Å². The maximum atomic E-state index is 8.74. The van der Waals surface area contributed by atoms with Gasteiger partial charge >= 0.3 is 7.12 Å². The van der Waals surface area contributed by atoms with Crippen LogP contribution in [-0.2, 0) is 9.31 Å². The minimum absolute atomic E-state index is 0.0784. The van der Waals surface area contributed by atoms with Gasteiger partial charge in [0.2, 0.25) is 0 Å². The summed E-state index contributed by atoms with van der Waals surface area (Å²) in [7, 11) is -0.290. The number of hydrogen-bond donors (Lipinski definition) is 2. The average molecular weight is 249 g/mol. The number of anilines is 1. The Kier molecular flexibility index (Phi) is 3.95. The molecule has 0 spiro atoms. The van der Waals surface area contributed by atoms with E-state index in [1.807, 2.05) is 45.0 Å². The van der Waals surface area contributed by atoms with Gasteiger partial charge in [0.25, 0.3) is 0 Å². The van der Waals surface area contributed by atoms with Crippen LogP contribution in [0.25, 0.3) is 0 Å². The molecule has 0 radical (unpaired) electrons. The van der Waals surface area contributed by atoms with Gasteiger partial charge in [-0.25, -0.2) is 0 Å². The minimum Gasteiger partial charge on any atom is -0.402 e. The van der Waals surface area contributed by atoms with Crippen molar-refractivity contribution in [3.8, 4) is 0 Å². The Labute approximate surface area is 108 Å². The van der Waals surface area contributed by atoms with E-state index in [2.05, 4.69) is 5.32 Å². The zero-order valence-corrected chi connectivity index (χ0v) is 11.1. The third-order valence-electron chi connectivity index (χ3n) is 3.34. The maximum absolute atomic E-state index is 8.74. The zero-order chi connectivity index (χ0) is 13.2. The first-order valence-electron chi connectivity index (χ1n) is 6.31. The molecule has 1 aromatic carbocycles. The summed E-state index contributed by atoms with van der Waals surface area (Å²) in [5, 5.41) is 11.8. The van der Waals surface area contributed by atoms with Crippen LogP contribution in [0.1, 0.15) is 20.8 Å². The lowest BCUT2D eigenvalue weighted by atomic mass is 9.79. The van der Waals surface area contributed by atoms with E-state index in [9.17, 15) is 0 Å². The summed E-state index contributed by atoms with van der Waals surface area (Å²) in [6.07, 6.45) is 0.0784. The predicted molar refractivity (Wildman–Crippen MR) is 73.1 cm³/mol. The maximum Gasteiger partial charge on any atom is 0.494 e. The monoisotopic (exact) mass is 249 g/mol. The van der Waals surface area contributed by atoms with Crippen LogP contribution >= 0.6 is 0 Å². The summed E-state index contributed by atoms with van der Waals surface area (Å²) in [5.41, 5.74) is 1.75. The van der Waals surface area contributed by atoms with Crippen LogP contribution in [0.5, 0.6) is 0 Å². The van der Waals surface area contributed by atoms with Gasteiger partial charge in [-0.3, -0.25) is 0 Å². The molecular weight excluding hydrogens is 229 g/mol. The van der Waals surface area contributed by atoms with Gasteiger partial charge in [0.15, 0.2) is 0 Å². The van der Waals surface area contributed by atoms with E-state index in [1.165, 1.54) is 0 Å². The van der Waals surface area contributed by atoms with Gasteiger partial charge in [0.05, 0.1) is 18.3 Å². The van der Waals surface area contributed by atoms with Gasteiger partial charge in [0, 0.05) is 12.2 Å². The molecular formula is C13H20BNO3. The molecule has 1 atom stereocenters. The highest BCUT2D eigenvalue weighted by Crippen LogP contribution is 2.26. The van der Waals surface area contributed by atoms with E-state index < -0.39 is 0 Å². The van der Waals surface area contributed by atoms with Crippen molar-refractivity contribution < 1.29 is 14.4 Å². The molecule has 5 heteroatoms. The number of aliphatic hydroxyl groups is 1. The number of hydrogen-bond acceptors (Lipinski definition) is 4. The van der Waals surface area contributed by atoms with Crippen LogP contribution < -0.4 is 10.8 Å². The van der Waals surface area contributed by atoms with Crippen molar-refractivity contribution in [3.63, 3.8) is 0 Å². The molecule has 0 bridgehead atoms. The van der Waals surface area contributed by atoms with E-state index in [-0.39, 0.29) is 25.4 Å². The molecule has 2 N–H and O–H groups in total. The van der Waals surface area contributed by atoms with E-state index in [4.69, 9.17) is 14.4 Å². The Hall–Kier alpha value is -1.04. The van der Waals surface area contributed by atoms with Crippen LogP contribution in [0.3, 0.4) is 0 Å². The van der Waals surface area contributed by atoms with Crippen LogP contribution in [0.4, 0.5) is 5.69 Å². The average Bonchev–Trinajstić information content (AvgIpc) is 2.62. The Balaban J connectivity index is 2.02. The third kappa shape index (κ3) is 2.86. The quantitative estimate of drug-likeness (QED) is 0.781. The van der Waals surface area contributed by atoms with E-state index in [0.29, 0.717) is 6.54 Å². The van der Waals surface area contributed by atoms with Crippen molar-refractivity contribution in [1.82, 2.24) is 0 Å². The molecule has 1 aliphatic rings. The molecule has 1 saturated heterocycles. The standard InChI is InChI=1S/C13H20BNO3/c1-10-13(2,3)18-14(17-10)11-4-6-12(7-5-11)15-8-9-16/h4-7,10,15-16H,8-9H2,1-3H3. The molecule has 0 aliphatic carbocycles. The second-order valence-electron chi connectivity index (χ2n) is 5.10. The minimum atomic E-state index is -0.290. The summed E-state index contributed by atoms with van der Waals surface area (Å²) in [6.45, 7) is 6.78. The molecule has 0 saturated carbocycles. The first kappa shape index (κ1) is 13.4. The molecule has 98 valence electrons. The van der Waals surface area contributed by atoms with Gasteiger partial charge in [-0.2, -0.15) is 0 Å². The molecule has 1 fully saturated rings. The first-order valence-corrected chi connectivity index (χ1v) is 6.31. The largest absolute Gasteiger partial charge is 0.494 e. The van der Waals surface area contributed by atoms with Crippen molar-refractivity contribution >= 4 is 18.3 Å². The van der Waals surface area contributed by atoms with Crippen LogP contribution in [0.2, 0.25) is 0 Å². The third-order valence-corrected chi connectivity index (χ3v) is 3.34. The number of rotatable bonds is 4. The fourth-order valence-corrected chi connectivity index (χ4v) is 1.85. The topological polar surface area (TPSA) is 50.7 Å². The Morgan fingerprint density at radius 1 is 1.33 bits per heavy atom. The summed E-state index contributed by atoms with van der Waals surface area (Å²) in [5.74, 6) is 0. The molecule has 1 aromatic rings. The fourth-order valence-electron chi connectivity index (χ4n) is 1.85. The number of aliphatic hydroxyl groups excluding tert-OH is 1. The lowest BCUT2D eigenvalue weighted by Gasteiger charge is -2.21. The fraction of sp³-hybridized carbons (Fsp3) is 0.538. The highest BCUT2D eigenvalue weighted by molar-refractivity contribution is 6.62. The molecule has 4 nitrogen and oxygen atoms in total. The Bertz CT molecular complexity index is 394. The lowest BCUT2D eigenvalue weighted by molar-refractivity contribution is 0.0842. The first-order chi connectivity index (χ1) is 8.53. The van der Waals surface area contributed by atoms with Crippen molar-refractivity contribution in [2.75, 3.05) is 18.5 Å². The molecule has 1 unspecified atom stereocenters. The van der Waals surface area contributed by atoms with Crippen molar-refractivity contribution in [2.45, 2.75) is 32.5 Å². The van der Waals surface area contributed by atoms with E-state index >= 15 is 0 Å². The van der Waals surface area contributed by atoms with Crippen LogP contribution in [-0.4, -0.2) is 37.1 Å². The molecule has 2 rings (SSSR count). The van der Waals surface area contributed by atoms with Gasteiger partial charge < -0.3 is 19.7 Å². The lowest BCUT2D eigenvalue weighted by Crippen LogP contribution is -2.34. The van der Waals surface area contributed by atoms with Crippen LogP contribution in [0.15, 0.2) is 24.3 Å². The highest BCUT2D eigenvalue weighted by Gasteiger charge is 2.43. The molecule has 18 heavy (non-hydrogen) atoms. The zero-order valence-electron chi connectivity index (χ0n) is 11.1. The predicted octanol–water partition coefficient (Wildman–Crippen LogP) is 1.000. The Morgan fingerprint density at radius 3 is 2.50 bits per heavy atom.